The van der Waals surface area contributed by atoms with Crippen LogP contribution in [0, 0.1) is 0 Å². The first-order valence-electron chi connectivity index (χ1n) is 9.36. The van der Waals surface area contributed by atoms with Gasteiger partial charge in [-0.05, 0) is 37.7 Å². The average molecular weight is 290 g/mol. The highest BCUT2D eigenvalue weighted by molar-refractivity contribution is 5.35. The van der Waals surface area contributed by atoms with E-state index in [-0.39, 0.29) is 0 Å². The van der Waals surface area contributed by atoms with Gasteiger partial charge in [0.1, 0.15) is 0 Å². The van der Waals surface area contributed by atoms with Crippen LogP contribution in [-0.4, -0.2) is 10.7 Å². The predicted octanol–water partition coefficient (Wildman–Crippen LogP) is 6.08. The Labute approximate surface area is 131 Å². The van der Waals surface area contributed by atoms with E-state index < -0.39 is 5.60 Å². The van der Waals surface area contributed by atoms with Crippen LogP contribution in [0.15, 0.2) is 23.3 Å². The molecule has 0 aromatic carbocycles. The van der Waals surface area contributed by atoms with Crippen molar-refractivity contribution in [1.29, 1.82) is 0 Å². The molecule has 0 radical (unpaired) electrons. The second-order valence-electron chi connectivity index (χ2n) is 7.17. The molecule has 0 saturated heterocycles. The van der Waals surface area contributed by atoms with Gasteiger partial charge in [-0.15, -0.1) is 0 Å². The lowest BCUT2D eigenvalue weighted by molar-refractivity contribution is 0.0752. The zero-order chi connectivity index (χ0) is 15.0. The standard InChI is InChI=1S/C20H34O/c1-2-3-4-5-6-7-8-11-15-20(21)16-14-18-12-9-10-13-19(18)17-20/h14,16,21H,2-13,15,17H2,1H3. The molecule has 1 N–H and O–H groups in total. The summed E-state index contributed by atoms with van der Waals surface area (Å²) < 4.78 is 0. The van der Waals surface area contributed by atoms with E-state index in [9.17, 15) is 5.11 Å². The van der Waals surface area contributed by atoms with Gasteiger partial charge in [0.25, 0.3) is 0 Å². The van der Waals surface area contributed by atoms with E-state index in [4.69, 9.17) is 0 Å². The molecule has 1 atom stereocenters. The average Bonchev–Trinajstić information content (AvgIpc) is 2.50. The highest BCUT2D eigenvalue weighted by atomic mass is 16.3. The summed E-state index contributed by atoms with van der Waals surface area (Å²) in [7, 11) is 0. The minimum atomic E-state index is -0.529. The quantitative estimate of drug-likeness (QED) is 0.510. The van der Waals surface area contributed by atoms with Crippen molar-refractivity contribution in [3.05, 3.63) is 23.3 Å². The van der Waals surface area contributed by atoms with Gasteiger partial charge in [0, 0.05) is 6.42 Å². The number of aliphatic hydroxyl groups is 1. The molecule has 0 spiro atoms. The van der Waals surface area contributed by atoms with Gasteiger partial charge in [0.05, 0.1) is 5.60 Å². The van der Waals surface area contributed by atoms with Gasteiger partial charge >= 0.3 is 0 Å². The van der Waals surface area contributed by atoms with Crippen molar-refractivity contribution in [2.24, 2.45) is 0 Å². The minimum absolute atomic E-state index is 0.529. The topological polar surface area (TPSA) is 20.2 Å². The maximum atomic E-state index is 10.8. The second-order valence-corrected chi connectivity index (χ2v) is 7.17. The van der Waals surface area contributed by atoms with Gasteiger partial charge in [0.2, 0.25) is 0 Å². The molecule has 1 nitrogen and oxygen atoms in total. The molecule has 0 aliphatic heterocycles. The molecule has 2 aliphatic rings. The van der Waals surface area contributed by atoms with Crippen molar-refractivity contribution in [1.82, 2.24) is 0 Å². The van der Waals surface area contributed by atoms with Crippen molar-refractivity contribution in [2.75, 3.05) is 0 Å². The fourth-order valence-electron chi connectivity index (χ4n) is 3.82. The summed E-state index contributed by atoms with van der Waals surface area (Å²) in [5.74, 6) is 0. The Morgan fingerprint density at radius 2 is 1.62 bits per heavy atom. The lowest BCUT2D eigenvalue weighted by atomic mass is 9.77. The highest BCUT2D eigenvalue weighted by Crippen LogP contribution is 2.38. The Morgan fingerprint density at radius 3 is 2.38 bits per heavy atom. The number of hydrogen-bond donors (Lipinski definition) is 1. The zero-order valence-electron chi connectivity index (χ0n) is 14.0. The van der Waals surface area contributed by atoms with Crippen LogP contribution in [0.4, 0.5) is 0 Å². The van der Waals surface area contributed by atoms with Crippen molar-refractivity contribution in [3.63, 3.8) is 0 Å². The second kappa shape index (κ2) is 8.78. The van der Waals surface area contributed by atoms with E-state index >= 15 is 0 Å². The van der Waals surface area contributed by atoms with E-state index in [1.54, 1.807) is 5.57 Å². The number of hydrogen-bond acceptors (Lipinski definition) is 1. The third-order valence-electron chi connectivity index (χ3n) is 5.21. The summed E-state index contributed by atoms with van der Waals surface area (Å²) in [4.78, 5) is 0. The molecule has 120 valence electrons. The summed E-state index contributed by atoms with van der Waals surface area (Å²) in [6.45, 7) is 2.27. The van der Waals surface area contributed by atoms with Gasteiger partial charge in [-0.25, -0.2) is 0 Å². The lowest BCUT2D eigenvalue weighted by Gasteiger charge is -2.32. The Hall–Kier alpha value is -0.560. The van der Waals surface area contributed by atoms with Crippen LogP contribution in [0.3, 0.4) is 0 Å². The number of unbranched alkanes of at least 4 members (excludes halogenated alkanes) is 7. The van der Waals surface area contributed by atoms with Crippen molar-refractivity contribution in [2.45, 2.75) is 102 Å². The van der Waals surface area contributed by atoms with Gasteiger partial charge in [-0.3, -0.25) is 0 Å². The third-order valence-corrected chi connectivity index (χ3v) is 5.21. The van der Waals surface area contributed by atoms with Crippen LogP contribution in [0.25, 0.3) is 0 Å². The zero-order valence-corrected chi connectivity index (χ0v) is 14.0. The molecule has 0 aromatic heterocycles. The molecule has 0 bridgehead atoms. The van der Waals surface area contributed by atoms with Gasteiger partial charge in [0.15, 0.2) is 0 Å². The maximum Gasteiger partial charge on any atom is 0.0867 e. The summed E-state index contributed by atoms with van der Waals surface area (Å²) >= 11 is 0. The van der Waals surface area contributed by atoms with E-state index in [0.717, 1.165) is 12.8 Å². The van der Waals surface area contributed by atoms with Gasteiger partial charge in [-0.2, -0.15) is 0 Å². The smallest absolute Gasteiger partial charge is 0.0867 e. The van der Waals surface area contributed by atoms with E-state index in [1.165, 1.54) is 82.6 Å². The van der Waals surface area contributed by atoms with E-state index in [1.807, 2.05) is 0 Å². The largest absolute Gasteiger partial charge is 0.385 e. The molecule has 0 fully saturated rings. The van der Waals surface area contributed by atoms with Crippen LogP contribution < -0.4 is 0 Å². The van der Waals surface area contributed by atoms with Crippen LogP contribution in [0.1, 0.15) is 96.8 Å². The summed E-state index contributed by atoms with van der Waals surface area (Å²) in [6, 6.07) is 0. The number of allylic oxidation sites excluding steroid dienone is 2. The lowest BCUT2D eigenvalue weighted by Crippen LogP contribution is -2.29. The Kier molecular flexibility index (Phi) is 7.03. The Morgan fingerprint density at radius 1 is 0.952 bits per heavy atom. The first-order valence-corrected chi connectivity index (χ1v) is 9.36. The molecule has 0 heterocycles. The Balaban J connectivity index is 1.60. The maximum absolute atomic E-state index is 10.8. The summed E-state index contributed by atoms with van der Waals surface area (Å²) in [5, 5.41) is 10.8. The van der Waals surface area contributed by atoms with Gasteiger partial charge < -0.3 is 5.11 Å². The van der Waals surface area contributed by atoms with E-state index in [2.05, 4.69) is 19.1 Å². The van der Waals surface area contributed by atoms with Crippen molar-refractivity contribution >= 4 is 0 Å². The van der Waals surface area contributed by atoms with Crippen LogP contribution in [0.2, 0.25) is 0 Å². The fourth-order valence-corrected chi connectivity index (χ4v) is 3.82. The molecule has 0 amide bonds. The fraction of sp³-hybridized carbons (Fsp3) is 0.800. The van der Waals surface area contributed by atoms with Crippen LogP contribution >= 0.6 is 0 Å². The van der Waals surface area contributed by atoms with Crippen molar-refractivity contribution in [3.8, 4) is 0 Å². The van der Waals surface area contributed by atoms with Crippen LogP contribution in [-0.2, 0) is 0 Å². The predicted molar refractivity (Wildman–Crippen MR) is 91.4 cm³/mol. The highest BCUT2D eigenvalue weighted by Gasteiger charge is 2.29. The molecule has 0 aromatic rings. The minimum Gasteiger partial charge on any atom is -0.385 e. The van der Waals surface area contributed by atoms with Crippen molar-refractivity contribution < 1.29 is 5.11 Å². The molecule has 1 unspecified atom stereocenters. The molecule has 2 aliphatic carbocycles. The molecule has 1 heteroatoms. The Bertz CT molecular complexity index is 366. The normalized spacial score (nSPS) is 25.2. The first kappa shape index (κ1) is 16.8. The summed E-state index contributed by atoms with van der Waals surface area (Å²) in [5.41, 5.74) is 2.55. The van der Waals surface area contributed by atoms with E-state index in [0.29, 0.717) is 0 Å². The molecule has 21 heavy (non-hydrogen) atoms. The molecule has 2 rings (SSSR count). The molecule has 0 saturated carbocycles. The molecular weight excluding hydrogens is 256 g/mol. The summed E-state index contributed by atoms with van der Waals surface area (Å²) in [6.07, 6.45) is 22.0. The molecular formula is C20H34O. The SMILES string of the molecule is CCCCCCCCCCC1(O)C=CC2=C(CCCC2)C1. The van der Waals surface area contributed by atoms with Gasteiger partial charge in [-0.1, -0.05) is 76.0 Å². The first-order chi connectivity index (χ1) is 10.2. The van der Waals surface area contributed by atoms with Crippen LogP contribution in [0.5, 0.6) is 0 Å². The number of rotatable bonds is 9. The monoisotopic (exact) mass is 290 g/mol. The third kappa shape index (κ3) is 5.62.